The van der Waals surface area contributed by atoms with E-state index in [1.165, 1.54) is 6.42 Å². The minimum absolute atomic E-state index is 0.0239. The Kier molecular flexibility index (Phi) is 6.01. The lowest BCUT2D eigenvalue weighted by atomic mass is 9.94. The summed E-state index contributed by atoms with van der Waals surface area (Å²) in [5, 5.41) is 0. The van der Waals surface area contributed by atoms with Gasteiger partial charge in [-0.05, 0) is 6.42 Å². The maximum atomic E-state index is 5.93. The SMILES string of the molecule is CC[C@H]1CN(Cc2ncc(C(C)(C)C)o2)CCN1CCOC. The zero-order chi connectivity index (χ0) is 16.2. The van der Waals surface area contributed by atoms with Crippen LogP contribution in [0.4, 0.5) is 0 Å². The van der Waals surface area contributed by atoms with Crippen LogP contribution in [0, 0.1) is 0 Å². The molecule has 0 bridgehead atoms. The van der Waals surface area contributed by atoms with Gasteiger partial charge < -0.3 is 9.15 Å². The van der Waals surface area contributed by atoms with Crippen molar-refractivity contribution in [3.05, 3.63) is 17.8 Å². The van der Waals surface area contributed by atoms with Crippen molar-refractivity contribution in [3.63, 3.8) is 0 Å². The number of oxazole rings is 1. The van der Waals surface area contributed by atoms with Crippen molar-refractivity contribution < 1.29 is 9.15 Å². The Labute approximate surface area is 134 Å². The molecular weight excluding hydrogens is 278 g/mol. The Bertz CT molecular complexity index is 453. The molecule has 0 aromatic carbocycles. The van der Waals surface area contributed by atoms with E-state index in [2.05, 4.69) is 42.5 Å². The quantitative estimate of drug-likeness (QED) is 0.807. The van der Waals surface area contributed by atoms with Crippen LogP contribution in [0.25, 0.3) is 0 Å². The molecule has 0 spiro atoms. The largest absolute Gasteiger partial charge is 0.444 e. The highest BCUT2D eigenvalue weighted by molar-refractivity contribution is 5.06. The number of rotatable bonds is 6. The second-order valence-electron chi connectivity index (χ2n) is 7.19. The molecule has 1 fully saturated rings. The van der Waals surface area contributed by atoms with E-state index in [4.69, 9.17) is 9.15 Å². The van der Waals surface area contributed by atoms with Gasteiger partial charge in [0.25, 0.3) is 0 Å². The van der Waals surface area contributed by atoms with E-state index in [-0.39, 0.29) is 5.41 Å². The molecule has 0 aliphatic carbocycles. The van der Waals surface area contributed by atoms with E-state index in [1.807, 2.05) is 6.20 Å². The molecule has 0 saturated carbocycles. The van der Waals surface area contributed by atoms with Gasteiger partial charge in [0.2, 0.25) is 5.89 Å². The van der Waals surface area contributed by atoms with Crippen LogP contribution >= 0.6 is 0 Å². The number of piperazine rings is 1. The molecule has 1 atom stereocenters. The number of ether oxygens (including phenoxy) is 1. The van der Waals surface area contributed by atoms with Gasteiger partial charge in [-0.25, -0.2) is 4.98 Å². The molecule has 2 rings (SSSR count). The second-order valence-corrected chi connectivity index (χ2v) is 7.19. The standard InChI is InChI=1S/C17H31N3O2/c1-6-14-12-19(7-8-20(14)9-10-21-5)13-16-18-11-15(22-16)17(2,3)4/h11,14H,6-10,12-13H2,1-5H3/t14-/m0/s1. The zero-order valence-corrected chi connectivity index (χ0v) is 14.8. The van der Waals surface area contributed by atoms with Crippen molar-refractivity contribution in [1.29, 1.82) is 0 Å². The van der Waals surface area contributed by atoms with Crippen molar-refractivity contribution in [2.45, 2.75) is 52.1 Å². The van der Waals surface area contributed by atoms with Gasteiger partial charge >= 0.3 is 0 Å². The summed E-state index contributed by atoms with van der Waals surface area (Å²) in [6.45, 7) is 14.6. The minimum Gasteiger partial charge on any atom is -0.444 e. The van der Waals surface area contributed by atoms with Gasteiger partial charge in [0.15, 0.2) is 0 Å². The van der Waals surface area contributed by atoms with Crippen molar-refractivity contribution in [2.24, 2.45) is 0 Å². The van der Waals surface area contributed by atoms with Crippen LogP contribution in [-0.2, 0) is 16.7 Å². The van der Waals surface area contributed by atoms with Crippen LogP contribution in [0.2, 0.25) is 0 Å². The van der Waals surface area contributed by atoms with Gasteiger partial charge in [-0.3, -0.25) is 9.80 Å². The molecule has 0 unspecified atom stereocenters. The van der Waals surface area contributed by atoms with Crippen LogP contribution in [0.5, 0.6) is 0 Å². The Morgan fingerprint density at radius 1 is 1.36 bits per heavy atom. The summed E-state index contributed by atoms with van der Waals surface area (Å²) in [7, 11) is 1.77. The highest BCUT2D eigenvalue weighted by Gasteiger charge is 2.27. The number of methoxy groups -OCH3 is 1. The summed E-state index contributed by atoms with van der Waals surface area (Å²) >= 11 is 0. The molecule has 5 heteroatoms. The lowest BCUT2D eigenvalue weighted by Gasteiger charge is -2.40. The van der Waals surface area contributed by atoms with E-state index in [0.29, 0.717) is 6.04 Å². The van der Waals surface area contributed by atoms with Crippen LogP contribution in [0.1, 0.15) is 45.8 Å². The average Bonchev–Trinajstić information content (AvgIpc) is 2.94. The summed E-state index contributed by atoms with van der Waals surface area (Å²) in [6.07, 6.45) is 3.04. The van der Waals surface area contributed by atoms with Crippen LogP contribution in [0.15, 0.2) is 10.6 Å². The predicted octanol–water partition coefficient (Wildman–Crippen LogP) is 2.51. The van der Waals surface area contributed by atoms with E-state index >= 15 is 0 Å². The van der Waals surface area contributed by atoms with Crippen LogP contribution < -0.4 is 0 Å². The smallest absolute Gasteiger partial charge is 0.208 e. The Morgan fingerprint density at radius 3 is 2.73 bits per heavy atom. The van der Waals surface area contributed by atoms with Gasteiger partial charge in [-0.1, -0.05) is 27.7 Å². The Morgan fingerprint density at radius 2 is 2.14 bits per heavy atom. The van der Waals surface area contributed by atoms with Crippen molar-refractivity contribution >= 4 is 0 Å². The van der Waals surface area contributed by atoms with Crippen molar-refractivity contribution in [2.75, 3.05) is 39.9 Å². The predicted molar refractivity (Wildman–Crippen MR) is 88.0 cm³/mol. The maximum Gasteiger partial charge on any atom is 0.208 e. The van der Waals surface area contributed by atoms with Gasteiger partial charge in [-0.2, -0.15) is 0 Å². The summed E-state index contributed by atoms with van der Waals surface area (Å²) in [4.78, 5) is 9.45. The van der Waals surface area contributed by atoms with Crippen molar-refractivity contribution in [1.82, 2.24) is 14.8 Å². The van der Waals surface area contributed by atoms with E-state index < -0.39 is 0 Å². The van der Waals surface area contributed by atoms with E-state index in [1.54, 1.807) is 7.11 Å². The first-order valence-electron chi connectivity index (χ1n) is 8.34. The van der Waals surface area contributed by atoms with Crippen LogP contribution in [0.3, 0.4) is 0 Å². The summed E-state index contributed by atoms with van der Waals surface area (Å²) < 4.78 is 11.1. The van der Waals surface area contributed by atoms with Gasteiger partial charge in [0, 0.05) is 44.7 Å². The van der Waals surface area contributed by atoms with E-state index in [9.17, 15) is 0 Å². The lowest BCUT2D eigenvalue weighted by molar-refractivity contribution is 0.0428. The number of aromatic nitrogens is 1. The third-order valence-corrected chi connectivity index (χ3v) is 4.39. The molecule has 0 amide bonds. The third-order valence-electron chi connectivity index (χ3n) is 4.39. The average molecular weight is 309 g/mol. The molecule has 1 aliphatic heterocycles. The van der Waals surface area contributed by atoms with Gasteiger partial charge in [0.1, 0.15) is 5.76 Å². The Balaban J connectivity index is 1.90. The highest BCUT2D eigenvalue weighted by atomic mass is 16.5. The molecule has 1 saturated heterocycles. The molecule has 22 heavy (non-hydrogen) atoms. The fraction of sp³-hybridized carbons (Fsp3) is 0.824. The molecule has 5 nitrogen and oxygen atoms in total. The van der Waals surface area contributed by atoms with Crippen LogP contribution in [-0.4, -0.2) is 60.7 Å². The monoisotopic (exact) mass is 309 g/mol. The van der Waals surface area contributed by atoms with E-state index in [0.717, 1.165) is 51.0 Å². The molecule has 1 aromatic rings. The zero-order valence-electron chi connectivity index (χ0n) is 14.8. The fourth-order valence-corrected chi connectivity index (χ4v) is 2.91. The first-order valence-corrected chi connectivity index (χ1v) is 8.34. The second kappa shape index (κ2) is 7.57. The Hall–Kier alpha value is -0.910. The molecule has 0 N–H and O–H groups in total. The van der Waals surface area contributed by atoms with Gasteiger partial charge in [0.05, 0.1) is 19.3 Å². The van der Waals surface area contributed by atoms with Crippen molar-refractivity contribution in [3.8, 4) is 0 Å². The normalized spacial score (nSPS) is 21.4. The molecule has 126 valence electrons. The summed E-state index contributed by atoms with van der Waals surface area (Å²) in [6, 6.07) is 0.598. The molecule has 1 aromatic heterocycles. The fourth-order valence-electron chi connectivity index (χ4n) is 2.91. The number of nitrogens with zero attached hydrogens (tertiary/aromatic N) is 3. The molecule has 1 aliphatic rings. The maximum absolute atomic E-state index is 5.93. The lowest BCUT2D eigenvalue weighted by Crippen LogP contribution is -2.53. The topological polar surface area (TPSA) is 41.7 Å². The molecule has 2 heterocycles. The summed E-state index contributed by atoms with van der Waals surface area (Å²) in [5.74, 6) is 1.80. The first-order chi connectivity index (χ1) is 10.4. The number of hydrogen-bond donors (Lipinski definition) is 0. The first kappa shape index (κ1) is 17.4. The minimum atomic E-state index is 0.0239. The number of hydrogen-bond acceptors (Lipinski definition) is 5. The van der Waals surface area contributed by atoms with Gasteiger partial charge in [-0.15, -0.1) is 0 Å². The summed E-state index contributed by atoms with van der Waals surface area (Å²) in [5.41, 5.74) is 0.0239. The third kappa shape index (κ3) is 4.54. The molecule has 0 radical (unpaired) electrons. The highest BCUT2D eigenvalue weighted by Crippen LogP contribution is 2.23. The molecular formula is C17H31N3O2.